The second-order valence-electron chi connectivity index (χ2n) is 6.98. The molecule has 2 rings (SSSR count). The van der Waals surface area contributed by atoms with Crippen molar-refractivity contribution in [2.75, 3.05) is 13.1 Å². The Kier molecular flexibility index (Phi) is 4.89. The lowest BCUT2D eigenvalue weighted by Gasteiger charge is -2.33. The van der Waals surface area contributed by atoms with E-state index in [1.807, 2.05) is 52.0 Å². The predicted octanol–water partition coefficient (Wildman–Crippen LogP) is 3.82. The zero-order chi connectivity index (χ0) is 16.3. The van der Waals surface area contributed by atoms with Gasteiger partial charge in [0.2, 0.25) is 0 Å². The fourth-order valence-electron chi connectivity index (χ4n) is 2.68. The summed E-state index contributed by atoms with van der Waals surface area (Å²) in [5, 5.41) is 0. The fraction of sp³-hybridized carbons (Fsp3) is 0.556. The van der Waals surface area contributed by atoms with Gasteiger partial charge in [0.15, 0.2) is 5.78 Å². The Morgan fingerprint density at radius 2 is 1.82 bits per heavy atom. The van der Waals surface area contributed by atoms with Crippen LogP contribution in [0, 0.1) is 12.8 Å². The summed E-state index contributed by atoms with van der Waals surface area (Å²) in [5.74, 6) is 0.188. The van der Waals surface area contributed by atoms with Gasteiger partial charge in [-0.2, -0.15) is 0 Å². The van der Waals surface area contributed by atoms with Crippen LogP contribution in [-0.2, 0) is 4.74 Å². The van der Waals surface area contributed by atoms with Crippen molar-refractivity contribution in [3.63, 3.8) is 0 Å². The molecule has 1 fully saturated rings. The summed E-state index contributed by atoms with van der Waals surface area (Å²) in [6.45, 7) is 8.73. The third-order valence-corrected chi connectivity index (χ3v) is 3.82. The van der Waals surface area contributed by atoms with Crippen LogP contribution in [0.3, 0.4) is 0 Å². The van der Waals surface area contributed by atoms with Crippen LogP contribution >= 0.6 is 0 Å². The lowest BCUT2D eigenvalue weighted by atomic mass is 9.88. The summed E-state index contributed by atoms with van der Waals surface area (Å²) >= 11 is 0. The van der Waals surface area contributed by atoms with Crippen molar-refractivity contribution in [1.82, 2.24) is 4.90 Å². The molecule has 1 aliphatic heterocycles. The van der Waals surface area contributed by atoms with E-state index < -0.39 is 5.60 Å². The Hall–Kier alpha value is -1.84. The quantitative estimate of drug-likeness (QED) is 0.780. The van der Waals surface area contributed by atoms with Gasteiger partial charge in [-0.25, -0.2) is 4.79 Å². The van der Waals surface area contributed by atoms with Crippen LogP contribution in [0.5, 0.6) is 0 Å². The first kappa shape index (κ1) is 16.5. The van der Waals surface area contributed by atoms with E-state index in [0.29, 0.717) is 25.9 Å². The molecule has 0 aromatic heterocycles. The normalized spacial score (nSPS) is 16.5. The highest BCUT2D eigenvalue weighted by Gasteiger charge is 2.30. The molecule has 1 heterocycles. The number of benzene rings is 1. The van der Waals surface area contributed by atoms with Crippen molar-refractivity contribution in [2.24, 2.45) is 5.92 Å². The molecule has 1 saturated heterocycles. The number of nitrogens with zero attached hydrogens (tertiary/aromatic N) is 1. The van der Waals surface area contributed by atoms with Crippen molar-refractivity contribution in [3.8, 4) is 0 Å². The highest BCUT2D eigenvalue weighted by molar-refractivity contribution is 5.98. The number of carbonyl (C=O) groups excluding carboxylic acids is 2. The number of piperidine rings is 1. The van der Waals surface area contributed by atoms with Gasteiger partial charge in [-0.05, 0) is 46.6 Å². The summed E-state index contributed by atoms with van der Waals surface area (Å²) in [7, 11) is 0. The summed E-state index contributed by atoms with van der Waals surface area (Å²) < 4.78 is 5.38. The molecule has 0 N–H and O–H groups in total. The van der Waals surface area contributed by atoms with Gasteiger partial charge >= 0.3 is 6.09 Å². The Morgan fingerprint density at radius 1 is 1.18 bits per heavy atom. The summed E-state index contributed by atoms with van der Waals surface area (Å²) in [4.78, 5) is 26.2. The number of rotatable bonds is 2. The van der Waals surface area contributed by atoms with E-state index in [4.69, 9.17) is 4.74 Å². The van der Waals surface area contributed by atoms with Crippen molar-refractivity contribution >= 4 is 11.9 Å². The van der Waals surface area contributed by atoms with E-state index in [1.54, 1.807) is 4.90 Å². The average Bonchev–Trinajstić information content (AvgIpc) is 2.45. The molecule has 1 aromatic carbocycles. The Morgan fingerprint density at radius 3 is 2.36 bits per heavy atom. The van der Waals surface area contributed by atoms with Crippen LogP contribution in [0.15, 0.2) is 24.3 Å². The number of ether oxygens (including phenoxy) is 1. The van der Waals surface area contributed by atoms with Gasteiger partial charge in [0.25, 0.3) is 0 Å². The van der Waals surface area contributed by atoms with Gasteiger partial charge in [0.1, 0.15) is 5.60 Å². The summed E-state index contributed by atoms with van der Waals surface area (Å²) in [5.41, 5.74) is 1.39. The van der Waals surface area contributed by atoms with E-state index in [9.17, 15) is 9.59 Å². The van der Waals surface area contributed by atoms with Crippen LogP contribution in [0.1, 0.15) is 49.5 Å². The topological polar surface area (TPSA) is 46.6 Å². The molecule has 0 radical (unpaired) electrons. The van der Waals surface area contributed by atoms with Gasteiger partial charge in [-0.1, -0.05) is 23.8 Å². The second kappa shape index (κ2) is 6.51. The largest absolute Gasteiger partial charge is 0.444 e. The number of aryl methyl sites for hydroxylation is 1. The number of amides is 1. The minimum absolute atomic E-state index is 0.000451. The standard InChI is InChI=1S/C18H25NO3/c1-13-6-5-7-15(12-13)16(20)14-8-10-19(11-9-14)17(21)22-18(2,3)4/h5-7,12,14H,8-11H2,1-4H3. The van der Waals surface area contributed by atoms with Crippen LogP contribution in [-0.4, -0.2) is 35.5 Å². The van der Waals surface area contributed by atoms with E-state index in [2.05, 4.69) is 0 Å². The molecule has 0 unspecified atom stereocenters. The molecule has 1 amide bonds. The van der Waals surface area contributed by atoms with E-state index in [-0.39, 0.29) is 17.8 Å². The fourth-order valence-corrected chi connectivity index (χ4v) is 2.68. The second-order valence-corrected chi connectivity index (χ2v) is 6.98. The molecule has 4 nitrogen and oxygen atoms in total. The monoisotopic (exact) mass is 303 g/mol. The van der Waals surface area contributed by atoms with Crippen molar-refractivity contribution in [3.05, 3.63) is 35.4 Å². The number of hydrogen-bond donors (Lipinski definition) is 0. The highest BCUT2D eigenvalue weighted by atomic mass is 16.6. The smallest absolute Gasteiger partial charge is 0.410 e. The van der Waals surface area contributed by atoms with E-state index in [1.165, 1.54) is 0 Å². The van der Waals surface area contributed by atoms with Crippen molar-refractivity contribution in [1.29, 1.82) is 0 Å². The molecule has 0 atom stereocenters. The molecular weight excluding hydrogens is 278 g/mol. The molecule has 0 aliphatic carbocycles. The third kappa shape index (κ3) is 4.33. The molecule has 1 aliphatic rings. The SMILES string of the molecule is Cc1cccc(C(=O)C2CCN(C(=O)OC(C)(C)C)CC2)c1. The van der Waals surface area contributed by atoms with Crippen LogP contribution < -0.4 is 0 Å². The van der Waals surface area contributed by atoms with Crippen molar-refractivity contribution in [2.45, 2.75) is 46.1 Å². The summed E-state index contributed by atoms with van der Waals surface area (Å²) in [6, 6.07) is 7.71. The minimum Gasteiger partial charge on any atom is -0.444 e. The number of ketones is 1. The maximum Gasteiger partial charge on any atom is 0.410 e. The highest BCUT2D eigenvalue weighted by Crippen LogP contribution is 2.23. The maximum atomic E-state index is 12.5. The molecule has 120 valence electrons. The lowest BCUT2D eigenvalue weighted by Crippen LogP contribution is -2.43. The van der Waals surface area contributed by atoms with Crippen LogP contribution in [0.4, 0.5) is 4.79 Å². The third-order valence-electron chi connectivity index (χ3n) is 3.82. The van der Waals surface area contributed by atoms with Crippen molar-refractivity contribution < 1.29 is 14.3 Å². The van der Waals surface area contributed by atoms with Gasteiger partial charge in [-0.15, -0.1) is 0 Å². The Bertz CT molecular complexity index is 552. The van der Waals surface area contributed by atoms with Crippen LogP contribution in [0.25, 0.3) is 0 Å². The van der Waals surface area contributed by atoms with Gasteiger partial charge in [0, 0.05) is 24.6 Å². The molecule has 1 aromatic rings. The number of carbonyl (C=O) groups is 2. The lowest BCUT2D eigenvalue weighted by molar-refractivity contribution is 0.0182. The average molecular weight is 303 g/mol. The predicted molar refractivity (Wildman–Crippen MR) is 86.0 cm³/mol. The summed E-state index contributed by atoms with van der Waals surface area (Å²) in [6.07, 6.45) is 1.12. The molecule has 0 saturated carbocycles. The van der Waals surface area contributed by atoms with Gasteiger partial charge < -0.3 is 9.64 Å². The molecule has 4 heteroatoms. The molecule has 0 spiro atoms. The van der Waals surface area contributed by atoms with Gasteiger partial charge in [-0.3, -0.25) is 4.79 Å². The van der Waals surface area contributed by atoms with E-state index in [0.717, 1.165) is 11.1 Å². The first-order valence-electron chi connectivity index (χ1n) is 7.85. The minimum atomic E-state index is -0.481. The maximum absolute atomic E-state index is 12.5. The number of likely N-dealkylation sites (tertiary alicyclic amines) is 1. The molecule has 0 bridgehead atoms. The number of Topliss-reactive ketones (excluding diaryl/α,β-unsaturated/α-hetero) is 1. The first-order valence-corrected chi connectivity index (χ1v) is 7.85. The first-order chi connectivity index (χ1) is 10.3. The Labute approximate surface area is 132 Å². The molecule has 22 heavy (non-hydrogen) atoms. The van der Waals surface area contributed by atoms with Crippen LogP contribution in [0.2, 0.25) is 0 Å². The number of hydrogen-bond acceptors (Lipinski definition) is 3. The molecular formula is C18H25NO3. The zero-order valence-corrected chi connectivity index (χ0v) is 13.9. The Balaban J connectivity index is 1.92. The van der Waals surface area contributed by atoms with E-state index >= 15 is 0 Å². The van der Waals surface area contributed by atoms with Gasteiger partial charge in [0.05, 0.1) is 0 Å². The zero-order valence-electron chi connectivity index (χ0n) is 13.9.